The summed E-state index contributed by atoms with van der Waals surface area (Å²) in [5.74, 6) is 0.303. The van der Waals surface area contributed by atoms with Crippen LogP contribution in [-0.2, 0) is 14.3 Å². The average Bonchev–Trinajstić information content (AvgIpc) is 2.99. The number of fused-ring (bicyclic) bond motifs is 2. The number of rotatable bonds is 4. The standard InChI is InChI=1S/C16H26N2O4/c1-8(2)13(17-16(21)22-5)15(20)18-10-6-11(12(19)7-10)14(18)9(3)4/h8-11,13-14H,6-7H2,1-5H3,(H,17,21)/t10-,11+,13-,14+/m0/s1. The smallest absolute Gasteiger partial charge is 0.407 e. The second-order valence-electron chi connectivity index (χ2n) is 7.00. The summed E-state index contributed by atoms with van der Waals surface area (Å²) in [7, 11) is 1.28. The first-order valence-corrected chi connectivity index (χ1v) is 7.97. The maximum atomic E-state index is 13.0. The van der Waals surface area contributed by atoms with Crippen molar-refractivity contribution in [3.8, 4) is 0 Å². The number of likely N-dealkylation sites (tertiary alicyclic amines) is 1. The summed E-state index contributed by atoms with van der Waals surface area (Å²) in [6.45, 7) is 7.86. The molecule has 0 aromatic carbocycles. The lowest BCUT2D eigenvalue weighted by Gasteiger charge is -2.39. The van der Waals surface area contributed by atoms with E-state index in [4.69, 9.17) is 0 Å². The topological polar surface area (TPSA) is 75.7 Å². The molecule has 0 unspecified atom stereocenters. The second-order valence-corrected chi connectivity index (χ2v) is 7.00. The van der Waals surface area contributed by atoms with Gasteiger partial charge in [-0.25, -0.2) is 4.79 Å². The quantitative estimate of drug-likeness (QED) is 0.855. The molecule has 4 atom stereocenters. The summed E-state index contributed by atoms with van der Waals surface area (Å²) in [5.41, 5.74) is 0. The van der Waals surface area contributed by atoms with Gasteiger partial charge in [0.1, 0.15) is 11.8 Å². The minimum Gasteiger partial charge on any atom is -0.453 e. The van der Waals surface area contributed by atoms with Crippen LogP contribution < -0.4 is 5.32 Å². The predicted octanol–water partition coefficient (Wildman–Crippen LogP) is 1.58. The number of Topliss-reactive ketones (excluding diaryl/α,β-unsaturated/α-hetero) is 1. The fourth-order valence-corrected chi connectivity index (χ4v) is 3.84. The van der Waals surface area contributed by atoms with Crippen LogP contribution in [0.3, 0.4) is 0 Å². The number of nitrogens with one attached hydrogen (secondary N) is 1. The highest BCUT2D eigenvalue weighted by molar-refractivity contribution is 5.92. The van der Waals surface area contributed by atoms with Crippen LogP contribution in [0.4, 0.5) is 4.79 Å². The van der Waals surface area contributed by atoms with E-state index < -0.39 is 12.1 Å². The van der Waals surface area contributed by atoms with Crippen LogP contribution in [0.1, 0.15) is 40.5 Å². The molecule has 1 saturated heterocycles. The number of piperidine rings is 1. The fraction of sp³-hybridized carbons (Fsp3) is 0.812. The fourth-order valence-electron chi connectivity index (χ4n) is 3.84. The SMILES string of the molecule is COC(=O)N[C@H](C(=O)N1[C@@H]2CC(=O)[C@@H](C2)[C@H]1C(C)C)C(C)C. The molecule has 1 saturated carbocycles. The van der Waals surface area contributed by atoms with Crippen molar-refractivity contribution in [1.29, 1.82) is 0 Å². The minimum atomic E-state index is -0.622. The van der Waals surface area contributed by atoms with Crippen molar-refractivity contribution in [2.75, 3.05) is 7.11 Å². The summed E-state index contributed by atoms with van der Waals surface area (Å²) >= 11 is 0. The highest BCUT2D eigenvalue weighted by Gasteiger charge is 2.54. The van der Waals surface area contributed by atoms with E-state index in [1.54, 1.807) is 0 Å². The molecule has 1 aliphatic carbocycles. The molecule has 1 N–H and O–H groups in total. The zero-order valence-electron chi connectivity index (χ0n) is 14.0. The van der Waals surface area contributed by atoms with Crippen molar-refractivity contribution in [3.63, 3.8) is 0 Å². The number of nitrogens with zero attached hydrogens (tertiary/aromatic N) is 1. The Morgan fingerprint density at radius 1 is 1.27 bits per heavy atom. The molecule has 22 heavy (non-hydrogen) atoms. The average molecular weight is 310 g/mol. The van der Waals surface area contributed by atoms with Gasteiger partial charge in [0.15, 0.2) is 0 Å². The van der Waals surface area contributed by atoms with Crippen LogP contribution in [0.2, 0.25) is 0 Å². The van der Waals surface area contributed by atoms with E-state index in [1.807, 2.05) is 32.6 Å². The second kappa shape index (κ2) is 6.26. The van der Waals surface area contributed by atoms with Crippen molar-refractivity contribution in [2.24, 2.45) is 17.8 Å². The molecular formula is C16H26N2O4. The van der Waals surface area contributed by atoms with E-state index in [9.17, 15) is 14.4 Å². The first-order chi connectivity index (χ1) is 10.3. The van der Waals surface area contributed by atoms with Gasteiger partial charge in [0.25, 0.3) is 0 Å². The zero-order valence-corrected chi connectivity index (χ0v) is 14.0. The largest absolute Gasteiger partial charge is 0.453 e. The van der Waals surface area contributed by atoms with Gasteiger partial charge in [-0.2, -0.15) is 0 Å². The van der Waals surface area contributed by atoms with Crippen LogP contribution >= 0.6 is 0 Å². The number of carbonyl (C=O) groups excluding carboxylic acids is 3. The molecule has 6 nitrogen and oxygen atoms in total. The number of ether oxygens (including phenoxy) is 1. The van der Waals surface area contributed by atoms with E-state index in [0.29, 0.717) is 6.42 Å². The van der Waals surface area contributed by atoms with Gasteiger partial charge in [-0.15, -0.1) is 0 Å². The summed E-state index contributed by atoms with van der Waals surface area (Å²) < 4.78 is 4.62. The molecule has 0 radical (unpaired) electrons. The minimum absolute atomic E-state index is 0.0157. The predicted molar refractivity (Wildman–Crippen MR) is 81.2 cm³/mol. The molecule has 124 valence electrons. The number of amides is 2. The molecule has 2 aliphatic rings. The summed E-state index contributed by atoms with van der Waals surface area (Å²) in [6, 6.07) is -0.694. The van der Waals surface area contributed by atoms with Crippen molar-refractivity contribution in [2.45, 2.75) is 58.7 Å². The summed E-state index contributed by atoms with van der Waals surface area (Å²) in [6.07, 6.45) is 0.604. The molecule has 2 amide bonds. The molecule has 6 heteroatoms. The Hall–Kier alpha value is -1.59. The van der Waals surface area contributed by atoms with Crippen LogP contribution in [-0.4, -0.2) is 47.9 Å². The Morgan fingerprint density at radius 3 is 2.41 bits per heavy atom. The third-order valence-electron chi connectivity index (χ3n) is 4.83. The molecule has 0 spiro atoms. The third kappa shape index (κ3) is 2.83. The monoisotopic (exact) mass is 310 g/mol. The van der Waals surface area contributed by atoms with Crippen molar-refractivity contribution in [1.82, 2.24) is 10.2 Å². The molecule has 2 bridgehead atoms. The Labute approximate surface area is 131 Å². The normalized spacial score (nSPS) is 28.4. The first-order valence-electron chi connectivity index (χ1n) is 7.97. The summed E-state index contributed by atoms with van der Waals surface area (Å²) in [5, 5.41) is 2.64. The lowest BCUT2D eigenvalue weighted by atomic mass is 9.88. The van der Waals surface area contributed by atoms with Gasteiger partial charge in [0.05, 0.1) is 7.11 Å². The number of alkyl carbamates (subject to hydrolysis) is 1. The van der Waals surface area contributed by atoms with Crippen LogP contribution in [0.25, 0.3) is 0 Å². The number of ketones is 1. The number of hydrogen-bond acceptors (Lipinski definition) is 4. The van der Waals surface area contributed by atoms with E-state index in [0.717, 1.165) is 6.42 Å². The van der Waals surface area contributed by atoms with Gasteiger partial charge < -0.3 is 15.0 Å². The van der Waals surface area contributed by atoms with Gasteiger partial charge in [0.2, 0.25) is 5.91 Å². The molecular weight excluding hydrogens is 284 g/mol. The first kappa shape index (κ1) is 16.8. The van der Waals surface area contributed by atoms with Gasteiger partial charge in [-0.1, -0.05) is 27.7 Å². The number of methoxy groups -OCH3 is 1. The maximum absolute atomic E-state index is 13.0. The Balaban J connectivity index is 2.22. The van der Waals surface area contributed by atoms with Crippen molar-refractivity contribution < 1.29 is 19.1 Å². The van der Waals surface area contributed by atoms with Gasteiger partial charge in [-0.3, -0.25) is 9.59 Å². The lowest BCUT2D eigenvalue weighted by Crippen LogP contribution is -2.58. The molecule has 1 aliphatic heterocycles. The molecule has 0 aromatic heterocycles. The highest BCUT2D eigenvalue weighted by Crippen LogP contribution is 2.43. The molecule has 2 fully saturated rings. The van der Waals surface area contributed by atoms with Crippen molar-refractivity contribution in [3.05, 3.63) is 0 Å². The summed E-state index contributed by atoms with van der Waals surface area (Å²) in [4.78, 5) is 38.4. The van der Waals surface area contributed by atoms with Gasteiger partial charge in [0, 0.05) is 24.4 Å². The zero-order chi connectivity index (χ0) is 16.6. The Kier molecular flexibility index (Phi) is 4.78. The Bertz CT molecular complexity index is 475. The number of carbonyl (C=O) groups is 3. The Morgan fingerprint density at radius 2 is 1.91 bits per heavy atom. The van der Waals surface area contributed by atoms with Crippen LogP contribution in [0.5, 0.6) is 0 Å². The van der Waals surface area contributed by atoms with E-state index in [2.05, 4.69) is 10.1 Å². The third-order valence-corrected chi connectivity index (χ3v) is 4.83. The van der Waals surface area contributed by atoms with Crippen LogP contribution in [0.15, 0.2) is 0 Å². The molecule has 1 heterocycles. The van der Waals surface area contributed by atoms with Gasteiger partial charge >= 0.3 is 6.09 Å². The van der Waals surface area contributed by atoms with E-state index in [-0.39, 0.29) is 41.5 Å². The van der Waals surface area contributed by atoms with Crippen molar-refractivity contribution >= 4 is 17.8 Å². The molecule has 0 aromatic rings. The number of hydrogen-bond donors (Lipinski definition) is 1. The van der Waals surface area contributed by atoms with E-state index in [1.165, 1.54) is 7.11 Å². The lowest BCUT2D eigenvalue weighted by molar-refractivity contribution is -0.142. The van der Waals surface area contributed by atoms with Crippen LogP contribution in [0, 0.1) is 17.8 Å². The van der Waals surface area contributed by atoms with Gasteiger partial charge in [-0.05, 0) is 18.3 Å². The van der Waals surface area contributed by atoms with E-state index >= 15 is 0 Å². The maximum Gasteiger partial charge on any atom is 0.407 e. The highest BCUT2D eigenvalue weighted by atomic mass is 16.5. The molecule has 2 rings (SSSR count).